The summed E-state index contributed by atoms with van der Waals surface area (Å²) in [5.41, 5.74) is 2.74. The molecule has 2 amide bonds. The normalized spacial score (nSPS) is 18.6. The summed E-state index contributed by atoms with van der Waals surface area (Å²) >= 11 is 0. The fourth-order valence-corrected chi connectivity index (χ4v) is 4.13. The van der Waals surface area contributed by atoms with Crippen molar-refractivity contribution in [2.45, 2.75) is 31.7 Å². The summed E-state index contributed by atoms with van der Waals surface area (Å²) in [6.07, 6.45) is 4.76. The van der Waals surface area contributed by atoms with Crippen LogP contribution < -0.4 is 5.32 Å². The van der Waals surface area contributed by atoms with Gasteiger partial charge in [0.05, 0.1) is 0 Å². The Morgan fingerprint density at radius 3 is 2.00 bits per heavy atom. The van der Waals surface area contributed by atoms with Gasteiger partial charge in [0.25, 0.3) is 0 Å². The highest BCUT2D eigenvalue weighted by Gasteiger charge is 2.28. The zero-order chi connectivity index (χ0) is 18.6. The van der Waals surface area contributed by atoms with Crippen molar-refractivity contribution in [2.75, 3.05) is 31.5 Å². The highest BCUT2D eigenvalue weighted by atomic mass is 19.1. The lowest BCUT2D eigenvalue weighted by Gasteiger charge is -2.36. The lowest BCUT2D eigenvalue weighted by Crippen LogP contribution is -2.47. The number of piperidine rings is 1. The van der Waals surface area contributed by atoms with Gasteiger partial charge in [-0.05, 0) is 74.2 Å². The van der Waals surface area contributed by atoms with Crippen molar-refractivity contribution in [3.8, 4) is 11.1 Å². The van der Waals surface area contributed by atoms with Gasteiger partial charge in [-0.15, -0.1) is 0 Å². The van der Waals surface area contributed by atoms with Crippen LogP contribution in [0.3, 0.4) is 0 Å². The van der Waals surface area contributed by atoms with Crippen molar-refractivity contribution in [3.05, 3.63) is 54.3 Å². The molecule has 4 rings (SSSR count). The number of rotatable bonds is 3. The molecule has 2 aliphatic rings. The zero-order valence-corrected chi connectivity index (χ0v) is 15.5. The molecule has 0 saturated carbocycles. The van der Waals surface area contributed by atoms with Crippen LogP contribution in [0.1, 0.15) is 25.7 Å². The minimum absolute atomic E-state index is 0.0237. The van der Waals surface area contributed by atoms with Crippen molar-refractivity contribution in [2.24, 2.45) is 0 Å². The fraction of sp³-hybridized carbons (Fsp3) is 0.409. The van der Waals surface area contributed by atoms with Gasteiger partial charge in [-0.25, -0.2) is 9.18 Å². The Hall–Kier alpha value is -2.40. The minimum atomic E-state index is -0.240. The fourth-order valence-electron chi connectivity index (χ4n) is 4.13. The van der Waals surface area contributed by atoms with Crippen LogP contribution >= 0.6 is 0 Å². The van der Waals surface area contributed by atoms with Crippen LogP contribution in [0.5, 0.6) is 0 Å². The number of hydrogen-bond acceptors (Lipinski definition) is 2. The molecule has 0 spiro atoms. The first-order valence-electron chi connectivity index (χ1n) is 9.85. The van der Waals surface area contributed by atoms with E-state index in [1.54, 1.807) is 12.1 Å². The molecule has 2 aromatic rings. The SMILES string of the molecule is O=C(Nc1ccc(-c2ccc(F)cc2)cc1)N1CCC(N2CCCC2)CC1. The van der Waals surface area contributed by atoms with E-state index < -0.39 is 0 Å². The van der Waals surface area contributed by atoms with Gasteiger partial charge in [0.1, 0.15) is 5.82 Å². The summed E-state index contributed by atoms with van der Waals surface area (Å²) in [6.45, 7) is 4.08. The summed E-state index contributed by atoms with van der Waals surface area (Å²) in [7, 11) is 0. The number of urea groups is 1. The van der Waals surface area contributed by atoms with Gasteiger partial charge < -0.3 is 15.1 Å². The Bertz CT molecular complexity index is 761. The van der Waals surface area contributed by atoms with E-state index >= 15 is 0 Å². The Morgan fingerprint density at radius 2 is 1.41 bits per heavy atom. The Balaban J connectivity index is 1.31. The smallest absolute Gasteiger partial charge is 0.321 e. The third-order valence-corrected chi connectivity index (χ3v) is 5.72. The van der Waals surface area contributed by atoms with Crippen molar-refractivity contribution in [3.63, 3.8) is 0 Å². The summed E-state index contributed by atoms with van der Waals surface area (Å²) < 4.78 is 13.0. The molecular weight excluding hydrogens is 341 g/mol. The maximum atomic E-state index is 13.0. The highest BCUT2D eigenvalue weighted by molar-refractivity contribution is 5.89. The number of anilines is 1. The lowest BCUT2D eigenvalue weighted by molar-refractivity contribution is 0.140. The molecule has 2 aliphatic heterocycles. The molecule has 4 nitrogen and oxygen atoms in total. The van der Waals surface area contributed by atoms with E-state index in [2.05, 4.69) is 10.2 Å². The average Bonchev–Trinajstić information content (AvgIpc) is 3.24. The number of benzene rings is 2. The van der Waals surface area contributed by atoms with Crippen molar-refractivity contribution in [1.82, 2.24) is 9.80 Å². The number of likely N-dealkylation sites (tertiary alicyclic amines) is 2. The number of carbonyl (C=O) groups is 1. The molecule has 0 atom stereocenters. The summed E-state index contributed by atoms with van der Waals surface area (Å²) in [5, 5.41) is 3.00. The minimum Gasteiger partial charge on any atom is -0.324 e. The van der Waals surface area contributed by atoms with E-state index in [0.717, 1.165) is 42.7 Å². The number of carbonyl (C=O) groups excluding carboxylic acids is 1. The molecule has 0 aliphatic carbocycles. The molecule has 2 heterocycles. The van der Waals surface area contributed by atoms with Crippen LogP contribution in [-0.2, 0) is 0 Å². The molecule has 0 aromatic heterocycles. The van der Waals surface area contributed by atoms with Gasteiger partial charge >= 0.3 is 6.03 Å². The number of nitrogens with zero attached hydrogens (tertiary/aromatic N) is 2. The second-order valence-corrected chi connectivity index (χ2v) is 7.48. The number of nitrogens with one attached hydrogen (secondary N) is 1. The van der Waals surface area contributed by atoms with Crippen molar-refractivity contribution >= 4 is 11.7 Å². The summed E-state index contributed by atoms with van der Waals surface area (Å²) in [4.78, 5) is 17.1. The predicted molar refractivity (Wildman–Crippen MR) is 106 cm³/mol. The largest absolute Gasteiger partial charge is 0.324 e. The predicted octanol–water partition coefficient (Wildman–Crippen LogP) is 4.58. The van der Waals surface area contributed by atoms with Crippen LogP contribution in [0.4, 0.5) is 14.9 Å². The van der Waals surface area contributed by atoms with Crippen LogP contribution in [0.15, 0.2) is 48.5 Å². The maximum absolute atomic E-state index is 13.0. The van der Waals surface area contributed by atoms with Crippen molar-refractivity contribution < 1.29 is 9.18 Å². The Labute approximate surface area is 160 Å². The van der Waals surface area contributed by atoms with E-state index in [-0.39, 0.29) is 11.8 Å². The first-order valence-corrected chi connectivity index (χ1v) is 9.85. The molecule has 0 radical (unpaired) electrons. The third-order valence-electron chi connectivity index (χ3n) is 5.72. The first kappa shape index (κ1) is 18.0. The Kier molecular flexibility index (Phi) is 5.39. The number of hydrogen-bond donors (Lipinski definition) is 1. The Morgan fingerprint density at radius 1 is 0.852 bits per heavy atom. The van der Waals surface area contributed by atoms with Gasteiger partial charge in [0.15, 0.2) is 0 Å². The topological polar surface area (TPSA) is 35.6 Å². The van der Waals surface area contributed by atoms with Crippen LogP contribution in [0, 0.1) is 5.82 Å². The van der Waals surface area contributed by atoms with Gasteiger partial charge in [0.2, 0.25) is 0 Å². The molecule has 2 fully saturated rings. The van der Waals surface area contributed by atoms with Gasteiger partial charge in [0, 0.05) is 24.8 Å². The van der Waals surface area contributed by atoms with Gasteiger partial charge in [-0.3, -0.25) is 0 Å². The molecule has 2 aromatic carbocycles. The number of halogens is 1. The highest BCUT2D eigenvalue weighted by Crippen LogP contribution is 2.23. The molecule has 5 heteroatoms. The van der Waals surface area contributed by atoms with Gasteiger partial charge in [-0.2, -0.15) is 0 Å². The molecule has 27 heavy (non-hydrogen) atoms. The monoisotopic (exact) mass is 367 g/mol. The molecule has 0 unspecified atom stereocenters. The van der Waals surface area contributed by atoms with E-state index in [1.165, 1.54) is 38.1 Å². The van der Waals surface area contributed by atoms with E-state index in [9.17, 15) is 9.18 Å². The standard InChI is InChI=1S/C22H26FN3O/c23-19-7-3-17(4-8-19)18-5-9-20(10-6-18)24-22(27)26-15-11-21(12-16-26)25-13-1-2-14-25/h3-10,21H,1-2,11-16H2,(H,24,27). The number of amides is 2. The van der Waals surface area contributed by atoms with Crippen molar-refractivity contribution in [1.29, 1.82) is 0 Å². The van der Waals surface area contributed by atoms with E-state index in [1.807, 2.05) is 29.2 Å². The van der Waals surface area contributed by atoms with E-state index in [0.29, 0.717) is 6.04 Å². The second kappa shape index (κ2) is 8.09. The molecule has 1 N–H and O–H groups in total. The molecular formula is C22H26FN3O. The van der Waals surface area contributed by atoms with Crippen LogP contribution in [0.2, 0.25) is 0 Å². The first-order chi connectivity index (χ1) is 13.2. The van der Waals surface area contributed by atoms with Crippen LogP contribution in [-0.4, -0.2) is 48.1 Å². The summed E-state index contributed by atoms with van der Waals surface area (Å²) in [6, 6.07) is 14.7. The molecule has 0 bridgehead atoms. The van der Waals surface area contributed by atoms with E-state index in [4.69, 9.17) is 0 Å². The summed E-state index contributed by atoms with van der Waals surface area (Å²) in [5.74, 6) is -0.240. The quantitative estimate of drug-likeness (QED) is 0.862. The third kappa shape index (κ3) is 4.30. The zero-order valence-electron chi connectivity index (χ0n) is 15.5. The molecule has 142 valence electrons. The lowest BCUT2D eigenvalue weighted by atomic mass is 10.0. The van der Waals surface area contributed by atoms with Gasteiger partial charge in [-0.1, -0.05) is 24.3 Å². The second-order valence-electron chi connectivity index (χ2n) is 7.48. The van der Waals surface area contributed by atoms with Crippen LogP contribution in [0.25, 0.3) is 11.1 Å². The molecule has 2 saturated heterocycles. The average molecular weight is 367 g/mol. The maximum Gasteiger partial charge on any atom is 0.321 e.